The second-order valence-corrected chi connectivity index (χ2v) is 8.45. The maximum atomic E-state index is 12.7. The monoisotopic (exact) mass is 392 g/mol. The molecule has 0 aromatic heterocycles. The number of hydrogen-bond donors (Lipinski definition) is 1. The fraction of sp³-hybridized carbons (Fsp3) is 0.667. The first kappa shape index (κ1) is 18.9. The molecule has 1 aromatic rings. The Balaban J connectivity index is 1.38. The van der Waals surface area contributed by atoms with Gasteiger partial charge in [-0.1, -0.05) is 30.9 Å². The Morgan fingerprint density at radius 2 is 1.74 bits per heavy atom. The molecule has 0 bridgehead atoms. The highest BCUT2D eigenvalue weighted by atomic mass is 35.5. The van der Waals surface area contributed by atoms with Gasteiger partial charge in [0.25, 0.3) is 0 Å². The van der Waals surface area contributed by atoms with Gasteiger partial charge in [-0.15, -0.1) is 0 Å². The number of halogens is 1. The minimum Gasteiger partial charge on any atom is -0.490 e. The highest BCUT2D eigenvalue weighted by molar-refractivity contribution is 6.34. The molecule has 148 valence electrons. The van der Waals surface area contributed by atoms with E-state index in [2.05, 4.69) is 10.2 Å². The number of rotatable bonds is 6. The first-order chi connectivity index (χ1) is 13.2. The molecular weight excluding hydrogens is 364 g/mol. The Bertz CT molecular complexity index is 672. The molecule has 0 unspecified atom stereocenters. The SMILES string of the molecule is O=C(CN(CC1CCCCC1)C1CC1)Nc1cc2c(cc1Cl)OCCCO2. The number of anilines is 1. The predicted octanol–water partition coefficient (Wildman–Crippen LogP) is 4.48. The highest BCUT2D eigenvalue weighted by Gasteiger charge is 2.32. The largest absolute Gasteiger partial charge is 0.490 e. The van der Waals surface area contributed by atoms with Crippen LogP contribution in [0.4, 0.5) is 5.69 Å². The summed E-state index contributed by atoms with van der Waals surface area (Å²) in [6, 6.07) is 4.10. The number of benzene rings is 1. The summed E-state index contributed by atoms with van der Waals surface area (Å²) in [4.78, 5) is 15.1. The van der Waals surface area contributed by atoms with Gasteiger partial charge in [0.15, 0.2) is 11.5 Å². The van der Waals surface area contributed by atoms with Gasteiger partial charge in [-0.3, -0.25) is 9.69 Å². The molecule has 0 spiro atoms. The summed E-state index contributed by atoms with van der Waals surface area (Å²) < 4.78 is 11.4. The first-order valence-corrected chi connectivity index (χ1v) is 10.7. The van der Waals surface area contributed by atoms with E-state index in [1.807, 2.05) is 0 Å². The van der Waals surface area contributed by atoms with Crippen molar-refractivity contribution in [3.05, 3.63) is 17.2 Å². The summed E-state index contributed by atoms with van der Waals surface area (Å²) in [6.45, 7) is 2.71. The molecule has 2 saturated carbocycles. The molecule has 0 radical (unpaired) electrons. The quantitative estimate of drug-likeness (QED) is 0.775. The summed E-state index contributed by atoms with van der Waals surface area (Å²) in [6.07, 6.45) is 9.91. The molecule has 0 saturated heterocycles. The fourth-order valence-electron chi connectivity index (χ4n) is 4.14. The maximum absolute atomic E-state index is 12.7. The van der Waals surface area contributed by atoms with E-state index in [1.54, 1.807) is 12.1 Å². The molecule has 3 aliphatic rings. The Hall–Kier alpha value is -1.46. The average molecular weight is 393 g/mol. The standard InChI is InChI=1S/C21H29ClN2O3/c22-17-11-19-20(27-10-4-9-26-19)12-18(17)23-21(25)14-24(16-7-8-16)13-15-5-2-1-3-6-15/h11-12,15-16H,1-10,13-14H2,(H,23,25). The lowest BCUT2D eigenvalue weighted by Gasteiger charge is -2.29. The van der Waals surface area contributed by atoms with Gasteiger partial charge in [0.05, 0.1) is 30.5 Å². The molecule has 2 fully saturated rings. The van der Waals surface area contributed by atoms with Crippen LogP contribution in [0.2, 0.25) is 5.02 Å². The summed E-state index contributed by atoms with van der Waals surface area (Å²) >= 11 is 6.36. The Morgan fingerprint density at radius 1 is 1.04 bits per heavy atom. The zero-order valence-electron chi connectivity index (χ0n) is 15.8. The highest BCUT2D eigenvalue weighted by Crippen LogP contribution is 2.38. The van der Waals surface area contributed by atoms with Crippen LogP contribution in [0.1, 0.15) is 51.4 Å². The second kappa shape index (κ2) is 8.70. The van der Waals surface area contributed by atoms with Gasteiger partial charge in [0, 0.05) is 31.1 Å². The summed E-state index contributed by atoms with van der Waals surface area (Å²) in [5, 5.41) is 3.47. The summed E-state index contributed by atoms with van der Waals surface area (Å²) in [5.74, 6) is 2.03. The van der Waals surface area contributed by atoms with Crippen molar-refractivity contribution in [2.24, 2.45) is 5.92 Å². The van der Waals surface area contributed by atoms with Crippen molar-refractivity contribution in [1.82, 2.24) is 4.90 Å². The van der Waals surface area contributed by atoms with Crippen molar-refractivity contribution in [3.63, 3.8) is 0 Å². The number of nitrogens with zero attached hydrogens (tertiary/aromatic N) is 1. The van der Waals surface area contributed by atoms with Crippen molar-refractivity contribution < 1.29 is 14.3 Å². The molecular formula is C21H29ClN2O3. The van der Waals surface area contributed by atoms with Crippen molar-refractivity contribution in [1.29, 1.82) is 0 Å². The molecule has 1 amide bonds. The number of ether oxygens (including phenoxy) is 2. The lowest BCUT2D eigenvalue weighted by molar-refractivity contribution is -0.117. The van der Waals surface area contributed by atoms with E-state index < -0.39 is 0 Å². The number of carbonyl (C=O) groups is 1. The Kier molecular flexibility index (Phi) is 6.08. The molecule has 5 nitrogen and oxygen atoms in total. The zero-order valence-corrected chi connectivity index (χ0v) is 16.6. The summed E-state index contributed by atoms with van der Waals surface area (Å²) in [7, 11) is 0. The van der Waals surface area contributed by atoms with Crippen LogP contribution in [-0.2, 0) is 4.79 Å². The third-order valence-corrected chi connectivity index (χ3v) is 6.05. The van der Waals surface area contributed by atoms with E-state index >= 15 is 0 Å². The average Bonchev–Trinajstić information content (AvgIpc) is 3.50. The number of amides is 1. The van der Waals surface area contributed by atoms with Gasteiger partial charge >= 0.3 is 0 Å². The molecule has 27 heavy (non-hydrogen) atoms. The van der Waals surface area contributed by atoms with E-state index in [0.29, 0.717) is 48.0 Å². The molecule has 1 aliphatic heterocycles. The van der Waals surface area contributed by atoms with Gasteiger partial charge < -0.3 is 14.8 Å². The van der Waals surface area contributed by atoms with Crippen molar-refractivity contribution in [3.8, 4) is 11.5 Å². The van der Waals surface area contributed by atoms with E-state index in [4.69, 9.17) is 21.1 Å². The minimum atomic E-state index is -0.00546. The third kappa shape index (κ3) is 5.08. The Labute approximate surface area is 166 Å². The number of carbonyl (C=O) groups excluding carboxylic acids is 1. The lowest BCUT2D eigenvalue weighted by Crippen LogP contribution is -2.38. The summed E-state index contributed by atoms with van der Waals surface area (Å²) in [5.41, 5.74) is 0.597. The lowest BCUT2D eigenvalue weighted by atomic mass is 9.89. The van der Waals surface area contributed by atoms with Gasteiger partial charge in [-0.2, -0.15) is 0 Å². The topological polar surface area (TPSA) is 50.8 Å². The molecule has 6 heteroatoms. The number of nitrogens with one attached hydrogen (secondary N) is 1. The van der Waals surface area contributed by atoms with Crippen LogP contribution in [0.15, 0.2) is 12.1 Å². The van der Waals surface area contributed by atoms with Gasteiger partial charge in [-0.25, -0.2) is 0 Å². The van der Waals surface area contributed by atoms with E-state index in [0.717, 1.165) is 18.9 Å². The minimum absolute atomic E-state index is 0.00546. The van der Waals surface area contributed by atoms with Crippen LogP contribution >= 0.6 is 11.6 Å². The van der Waals surface area contributed by atoms with Crippen molar-refractivity contribution in [2.75, 3.05) is 31.6 Å². The van der Waals surface area contributed by atoms with Crippen molar-refractivity contribution >= 4 is 23.2 Å². The smallest absolute Gasteiger partial charge is 0.238 e. The van der Waals surface area contributed by atoms with Gasteiger partial charge in [0.2, 0.25) is 5.91 Å². The molecule has 0 atom stereocenters. The second-order valence-electron chi connectivity index (χ2n) is 8.04. The molecule has 1 N–H and O–H groups in total. The van der Waals surface area contributed by atoms with Gasteiger partial charge in [0.1, 0.15) is 0 Å². The molecule has 2 aliphatic carbocycles. The maximum Gasteiger partial charge on any atom is 0.238 e. The zero-order chi connectivity index (χ0) is 18.6. The van der Waals surface area contributed by atoms with Gasteiger partial charge in [-0.05, 0) is 31.6 Å². The number of hydrogen-bond acceptors (Lipinski definition) is 4. The first-order valence-electron chi connectivity index (χ1n) is 10.3. The number of fused-ring (bicyclic) bond motifs is 1. The van der Waals surface area contributed by atoms with Crippen LogP contribution in [0.5, 0.6) is 11.5 Å². The molecule has 1 heterocycles. The van der Waals surface area contributed by atoms with Crippen LogP contribution < -0.4 is 14.8 Å². The van der Waals surface area contributed by atoms with E-state index in [1.165, 1.54) is 44.9 Å². The van der Waals surface area contributed by atoms with Crippen molar-refractivity contribution in [2.45, 2.75) is 57.4 Å². The molecule has 4 rings (SSSR count). The Morgan fingerprint density at radius 3 is 2.44 bits per heavy atom. The van der Waals surface area contributed by atoms with Crippen LogP contribution in [0.25, 0.3) is 0 Å². The normalized spacial score (nSPS) is 20.4. The van der Waals surface area contributed by atoms with Crippen LogP contribution in [-0.4, -0.2) is 43.2 Å². The van der Waals surface area contributed by atoms with Crippen LogP contribution in [0.3, 0.4) is 0 Å². The van der Waals surface area contributed by atoms with Crippen LogP contribution in [0, 0.1) is 5.92 Å². The predicted molar refractivity (Wildman–Crippen MR) is 107 cm³/mol. The van der Waals surface area contributed by atoms with E-state index in [-0.39, 0.29) is 5.91 Å². The fourth-order valence-corrected chi connectivity index (χ4v) is 4.34. The van der Waals surface area contributed by atoms with E-state index in [9.17, 15) is 4.79 Å². The molecule has 1 aromatic carbocycles. The third-order valence-electron chi connectivity index (χ3n) is 5.74.